The van der Waals surface area contributed by atoms with Crippen LogP contribution in [0.4, 0.5) is 0 Å². The summed E-state index contributed by atoms with van der Waals surface area (Å²) in [6.45, 7) is 5.93. The van der Waals surface area contributed by atoms with Crippen LogP contribution in [0.3, 0.4) is 0 Å². The van der Waals surface area contributed by atoms with Gasteiger partial charge < -0.3 is 10.4 Å². The van der Waals surface area contributed by atoms with E-state index in [2.05, 4.69) is 11.9 Å². The molecule has 4 nitrogen and oxygen atoms in total. The fourth-order valence-corrected chi connectivity index (χ4v) is 0.557. The Kier molecular flexibility index (Phi) is 2.80. The molecule has 1 atom stereocenters. The second-order valence-corrected chi connectivity index (χ2v) is 2.39. The molecular formula is C7H11NO3. The van der Waals surface area contributed by atoms with E-state index in [9.17, 15) is 9.59 Å². The molecule has 0 rings (SSSR count). The van der Waals surface area contributed by atoms with Gasteiger partial charge in [-0.15, -0.1) is 6.58 Å². The number of carbonyl (C=O) groups is 2. The molecule has 0 aromatic carbocycles. The molecule has 0 aliphatic carbocycles. The van der Waals surface area contributed by atoms with Crippen molar-refractivity contribution in [1.82, 2.24) is 5.32 Å². The first-order chi connectivity index (χ1) is 4.92. The maximum absolute atomic E-state index is 10.5. The highest BCUT2D eigenvalue weighted by Gasteiger charge is 2.29. The minimum absolute atomic E-state index is 0.394. The number of nitrogens with one attached hydrogen (secondary N) is 1. The molecule has 0 aromatic rings. The van der Waals surface area contributed by atoms with Crippen LogP contribution in [0.1, 0.15) is 13.8 Å². The van der Waals surface area contributed by atoms with Crippen molar-refractivity contribution in [2.75, 3.05) is 0 Å². The molecule has 0 bridgehead atoms. The third-order valence-corrected chi connectivity index (χ3v) is 1.29. The third-order valence-electron chi connectivity index (χ3n) is 1.29. The largest absolute Gasteiger partial charge is 0.479 e. The number of aliphatic carboxylic acids is 1. The Morgan fingerprint density at radius 2 is 2.09 bits per heavy atom. The molecule has 1 unspecified atom stereocenters. The zero-order valence-corrected chi connectivity index (χ0v) is 6.55. The maximum atomic E-state index is 10.5. The fourth-order valence-electron chi connectivity index (χ4n) is 0.557. The molecule has 11 heavy (non-hydrogen) atoms. The lowest BCUT2D eigenvalue weighted by Crippen LogP contribution is -2.49. The van der Waals surface area contributed by atoms with Crippen molar-refractivity contribution in [3.8, 4) is 0 Å². The van der Waals surface area contributed by atoms with Gasteiger partial charge in [0.15, 0.2) is 5.54 Å². The van der Waals surface area contributed by atoms with E-state index in [1.807, 2.05) is 0 Å². The average Bonchev–Trinajstić information content (AvgIpc) is 1.86. The average molecular weight is 157 g/mol. The normalized spacial score (nSPS) is 14.7. The lowest BCUT2D eigenvalue weighted by molar-refractivity contribution is -0.144. The summed E-state index contributed by atoms with van der Waals surface area (Å²) in [6.07, 6.45) is 1.18. The van der Waals surface area contributed by atoms with Gasteiger partial charge in [0.25, 0.3) is 0 Å². The van der Waals surface area contributed by atoms with Gasteiger partial charge in [0, 0.05) is 6.92 Å². The molecule has 2 N–H and O–H groups in total. The Labute approximate surface area is 64.9 Å². The van der Waals surface area contributed by atoms with Crippen LogP contribution < -0.4 is 5.32 Å². The number of hydrogen-bond acceptors (Lipinski definition) is 2. The second kappa shape index (κ2) is 3.18. The van der Waals surface area contributed by atoms with Gasteiger partial charge in [0.2, 0.25) is 5.91 Å². The van der Waals surface area contributed by atoms with E-state index >= 15 is 0 Å². The van der Waals surface area contributed by atoms with Gasteiger partial charge in [-0.2, -0.15) is 0 Å². The predicted molar refractivity (Wildman–Crippen MR) is 40.1 cm³/mol. The fraction of sp³-hybridized carbons (Fsp3) is 0.429. The zero-order valence-electron chi connectivity index (χ0n) is 6.55. The summed E-state index contributed by atoms with van der Waals surface area (Å²) in [5, 5.41) is 10.8. The Hall–Kier alpha value is -1.32. The minimum atomic E-state index is -1.36. The van der Waals surface area contributed by atoms with Crippen LogP contribution in [0.5, 0.6) is 0 Å². The van der Waals surface area contributed by atoms with Crippen LogP contribution >= 0.6 is 0 Å². The summed E-state index contributed by atoms with van der Waals surface area (Å²) in [5.41, 5.74) is -1.36. The maximum Gasteiger partial charge on any atom is 0.333 e. The van der Waals surface area contributed by atoms with Crippen molar-refractivity contribution in [3.63, 3.8) is 0 Å². The van der Waals surface area contributed by atoms with Crippen LogP contribution in [-0.4, -0.2) is 22.5 Å². The molecule has 0 fully saturated rings. The monoisotopic (exact) mass is 157 g/mol. The molecule has 0 aliphatic rings. The molecule has 0 saturated carbocycles. The van der Waals surface area contributed by atoms with Crippen LogP contribution in [0.2, 0.25) is 0 Å². The number of carboxylic acids is 1. The van der Waals surface area contributed by atoms with Gasteiger partial charge in [-0.25, -0.2) is 4.79 Å². The standard InChI is InChI=1S/C7H11NO3/c1-4-7(3,6(10)11)8-5(2)9/h4H,1H2,2-3H3,(H,8,9)(H,10,11). The van der Waals surface area contributed by atoms with Crippen molar-refractivity contribution in [2.24, 2.45) is 0 Å². The Balaban J connectivity index is 4.47. The van der Waals surface area contributed by atoms with E-state index in [4.69, 9.17) is 5.11 Å². The Morgan fingerprint density at radius 1 is 1.64 bits per heavy atom. The highest BCUT2D eigenvalue weighted by molar-refractivity contribution is 5.87. The van der Waals surface area contributed by atoms with Gasteiger partial charge >= 0.3 is 5.97 Å². The summed E-state index contributed by atoms with van der Waals surface area (Å²) in [7, 11) is 0. The van der Waals surface area contributed by atoms with E-state index in [0.29, 0.717) is 0 Å². The van der Waals surface area contributed by atoms with E-state index in [1.165, 1.54) is 19.9 Å². The summed E-state index contributed by atoms with van der Waals surface area (Å²) < 4.78 is 0. The van der Waals surface area contributed by atoms with Crippen LogP contribution in [0, 0.1) is 0 Å². The summed E-state index contributed by atoms with van der Waals surface area (Å²) >= 11 is 0. The molecule has 1 amide bonds. The van der Waals surface area contributed by atoms with Crippen molar-refractivity contribution < 1.29 is 14.7 Å². The van der Waals surface area contributed by atoms with Crippen molar-refractivity contribution in [1.29, 1.82) is 0 Å². The summed E-state index contributed by atoms with van der Waals surface area (Å²) in [6, 6.07) is 0. The molecule has 0 heterocycles. The first-order valence-electron chi connectivity index (χ1n) is 3.08. The lowest BCUT2D eigenvalue weighted by atomic mass is 10.0. The number of carbonyl (C=O) groups excluding carboxylic acids is 1. The SMILES string of the molecule is C=CC(C)(NC(C)=O)C(=O)O. The molecular weight excluding hydrogens is 146 g/mol. The molecule has 0 spiro atoms. The molecule has 0 aliphatic heterocycles. The smallest absolute Gasteiger partial charge is 0.333 e. The zero-order chi connectivity index (χ0) is 9.07. The molecule has 0 saturated heterocycles. The van der Waals surface area contributed by atoms with Crippen molar-refractivity contribution >= 4 is 11.9 Å². The van der Waals surface area contributed by atoms with Crippen LogP contribution in [0.25, 0.3) is 0 Å². The number of rotatable bonds is 3. The minimum Gasteiger partial charge on any atom is -0.479 e. The highest BCUT2D eigenvalue weighted by Crippen LogP contribution is 2.04. The van der Waals surface area contributed by atoms with E-state index in [-0.39, 0.29) is 0 Å². The third kappa shape index (κ3) is 2.41. The van der Waals surface area contributed by atoms with Crippen molar-refractivity contribution in [3.05, 3.63) is 12.7 Å². The number of amides is 1. The highest BCUT2D eigenvalue weighted by atomic mass is 16.4. The molecule has 62 valence electrons. The molecule has 0 radical (unpaired) electrons. The molecule has 4 heteroatoms. The van der Waals surface area contributed by atoms with Gasteiger partial charge in [0.05, 0.1) is 0 Å². The van der Waals surface area contributed by atoms with Gasteiger partial charge in [-0.05, 0) is 6.92 Å². The predicted octanol–water partition coefficient (Wildman–Crippen LogP) is 0.152. The Morgan fingerprint density at radius 3 is 2.18 bits per heavy atom. The van der Waals surface area contributed by atoms with Gasteiger partial charge in [-0.3, -0.25) is 4.79 Å². The second-order valence-electron chi connectivity index (χ2n) is 2.39. The van der Waals surface area contributed by atoms with Crippen molar-refractivity contribution in [2.45, 2.75) is 19.4 Å². The van der Waals surface area contributed by atoms with Crippen LogP contribution in [-0.2, 0) is 9.59 Å². The number of hydrogen-bond donors (Lipinski definition) is 2. The Bertz CT molecular complexity index is 200. The topological polar surface area (TPSA) is 66.4 Å². The van der Waals surface area contributed by atoms with Gasteiger partial charge in [0.1, 0.15) is 0 Å². The van der Waals surface area contributed by atoms with Crippen LogP contribution in [0.15, 0.2) is 12.7 Å². The first-order valence-corrected chi connectivity index (χ1v) is 3.08. The van der Waals surface area contributed by atoms with E-state index in [1.54, 1.807) is 0 Å². The molecule has 0 aromatic heterocycles. The first kappa shape index (κ1) is 9.68. The van der Waals surface area contributed by atoms with E-state index < -0.39 is 17.4 Å². The lowest BCUT2D eigenvalue weighted by Gasteiger charge is -2.20. The quantitative estimate of drug-likeness (QED) is 0.573. The summed E-state index contributed by atoms with van der Waals surface area (Å²) in [4.78, 5) is 21.0. The number of carboxylic acid groups (broad SMARTS) is 1. The summed E-state index contributed by atoms with van der Waals surface area (Å²) in [5.74, 6) is -1.52. The van der Waals surface area contributed by atoms with Gasteiger partial charge in [-0.1, -0.05) is 6.08 Å². The van der Waals surface area contributed by atoms with E-state index in [0.717, 1.165) is 0 Å².